The highest BCUT2D eigenvalue weighted by atomic mass is 32.1. The van der Waals surface area contributed by atoms with Crippen molar-refractivity contribution in [3.63, 3.8) is 0 Å². The van der Waals surface area contributed by atoms with Crippen molar-refractivity contribution >= 4 is 33.2 Å². The van der Waals surface area contributed by atoms with Crippen LogP contribution in [0.5, 0.6) is 0 Å². The van der Waals surface area contributed by atoms with E-state index in [0.717, 1.165) is 21.7 Å². The first-order valence-electron chi connectivity index (χ1n) is 7.47. The van der Waals surface area contributed by atoms with Crippen LogP contribution in [-0.2, 0) is 0 Å². The Hall–Kier alpha value is -2.99. The number of hydrogen-bond acceptors (Lipinski definition) is 4. The quantitative estimate of drug-likeness (QED) is 0.621. The Morgan fingerprint density at radius 2 is 2.08 bits per heavy atom. The number of hydrogen-bond donors (Lipinski definition) is 1. The second-order valence-electron chi connectivity index (χ2n) is 5.42. The summed E-state index contributed by atoms with van der Waals surface area (Å²) in [4.78, 5) is 20.2. The van der Waals surface area contributed by atoms with Crippen LogP contribution in [0.3, 0.4) is 0 Å². The van der Waals surface area contributed by atoms with E-state index >= 15 is 0 Å². The van der Waals surface area contributed by atoms with E-state index in [2.05, 4.69) is 15.1 Å². The van der Waals surface area contributed by atoms with Crippen molar-refractivity contribution in [2.75, 3.05) is 0 Å². The molecular formula is C18H14N4OS. The third-order valence-electron chi connectivity index (χ3n) is 3.75. The van der Waals surface area contributed by atoms with Gasteiger partial charge in [0, 0.05) is 12.4 Å². The maximum Gasteiger partial charge on any atom is 0.259 e. The molecule has 0 atom stereocenters. The summed E-state index contributed by atoms with van der Waals surface area (Å²) in [5, 5.41) is 6.73. The van der Waals surface area contributed by atoms with Gasteiger partial charge in [0.1, 0.15) is 10.7 Å². The number of H-pyrrole nitrogens is 1. The Balaban J connectivity index is 1.67. The van der Waals surface area contributed by atoms with Crippen molar-refractivity contribution in [2.45, 2.75) is 6.92 Å². The van der Waals surface area contributed by atoms with Gasteiger partial charge >= 0.3 is 0 Å². The Morgan fingerprint density at radius 3 is 2.83 bits per heavy atom. The molecule has 0 aliphatic carbocycles. The van der Waals surface area contributed by atoms with E-state index < -0.39 is 0 Å². The van der Waals surface area contributed by atoms with Crippen LogP contribution in [0.15, 0.2) is 59.0 Å². The molecule has 118 valence electrons. The summed E-state index contributed by atoms with van der Waals surface area (Å²) in [5.74, 6) is 0.603. The van der Waals surface area contributed by atoms with Gasteiger partial charge in [-0.3, -0.25) is 4.79 Å². The van der Waals surface area contributed by atoms with Gasteiger partial charge in [-0.2, -0.15) is 5.10 Å². The van der Waals surface area contributed by atoms with Gasteiger partial charge in [0.15, 0.2) is 0 Å². The summed E-state index contributed by atoms with van der Waals surface area (Å²) >= 11 is 1.47. The largest absolute Gasteiger partial charge is 0.306 e. The highest BCUT2D eigenvalue weighted by molar-refractivity contribution is 7.16. The predicted octanol–water partition coefficient (Wildman–Crippen LogP) is 3.73. The van der Waals surface area contributed by atoms with E-state index in [1.807, 2.05) is 59.6 Å². The average Bonchev–Trinajstić information content (AvgIpc) is 3.27. The van der Waals surface area contributed by atoms with Crippen LogP contribution in [0.4, 0.5) is 0 Å². The molecule has 0 aliphatic rings. The number of aromatic nitrogens is 4. The Bertz CT molecular complexity index is 1070. The monoisotopic (exact) mass is 334 g/mol. The van der Waals surface area contributed by atoms with E-state index in [1.54, 1.807) is 12.3 Å². The Labute approximate surface area is 141 Å². The molecule has 24 heavy (non-hydrogen) atoms. The minimum Gasteiger partial charge on any atom is -0.306 e. The van der Waals surface area contributed by atoms with Crippen LogP contribution in [0.1, 0.15) is 18.3 Å². The van der Waals surface area contributed by atoms with Gasteiger partial charge in [-0.15, -0.1) is 11.3 Å². The minimum absolute atomic E-state index is 0.0990. The van der Waals surface area contributed by atoms with Crippen LogP contribution < -0.4 is 5.56 Å². The van der Waals surface area contributed by atoms with Gasteiger partial charge in [-0.25, -0.2) is 9.67 Å². The number of allylic oxidation sites excluding steroid dienone is 1. The Morgan fingerprint density at radius 1 is 1.25 bits per heavy atom. The first-order valence-corrected chi connectivity index (χ1v) is 8.35. The molecule has 3 aromatic heterocycles. The molecule has 4 aromatic rings. The number of nitrogens with zero attached hydrogens (tertiary/aromatic N) is 3. The third-order valence-corrected chi connectivity index (χ3v) is 4.56. The van der Waals surface area contributed by atoms with Crippen LogP contribution in [0.2, 0.25) is 0 Å². The van der Waals surface area contributed by atoms with Crippen LogP contribution >= 0.6 is 11.3 Å². The van der Waals surface area contributed by atoms with E-state index in [9.17, 15) is 4.79 Å². The fourth-order valence-corrected chi connectivity index (χ4v) is 3.28. The zero-order valence-corrected chi connectivity index (χ0v) is 13.7. The lowest BCUT2D eigenvalue weighted by molar-refractivity contribution is 0.880. The SMILES string of the molecule is C/C(=C/c1ccc(-n2cccn2)cc1)c1nc2sccc2c(=O)[nH]1. The number of aromatic amines is 1. The maximum absolute atomic E-state index is 12.1. The van der Waals surface area contributed by atoms with Crippen molar-refractivity contribution in [2.24, 2.45) is 0 Å². The van der Waals surface area contributed by atoms with E-state index in [-0.39, 0.29) is 5.56 Å². The van der Waals surface area contributed by atoms with Crippen LogP contribution in [-0.4, -0.2) is 19.7 Å². The van der Waals surface area contributed by atoms with Gasteiger partial charge in [-0.1, -0.05) is 12.1 Å². The molecule has 0 unspecified atom stereocenters. The molecule has 1 aromatic carbocycles. The number of nitrogens with one attached hydrogen (secondary N) is 1. The van der Waals surface area contributed by atoms with Crippen molar-refractivity contribution in [1.82, 2.24) is 19.7 Å². The van der Waals surface area contributed by atoms with Gasteiger partial charge in [0.05, 0.1) is 11.1 Å². The molecule has 6 heteroatoms. The number of fused-ring (bicyclic) bond motifs is 1. The summed E-state index contributed by atoms with van der Waals surface area (Å²) in [7, 11) is 0. The lowest BCUT2D eigenvalue weighted by atomic mass is 10.1. The molecule has 0 aliphatic heterocycles. The molecule has 4 rings (SSSR count). The molecule has 0 amide bonds. The van der Waals surface area contributed by atoms with Crippen molar-refractivity contribution < 1.29 is 0 Å². The second kappa shape index (κ2) is 5.90. The van der Waals surface area contributed by atoms with Gasteiger partial charge in [0.2, 0.25) is 0 Å². The van der Waals surface area contributed by atoms with Gasteiger partial charge < -0.3 is 4.98 Å². The number of rotatable bonds is 3. The van der Waals surface area contributed by atoms with Gasteiger partial charge in [0.25, 0.3) is 5.56 Å². The predicted molar refractivity (Wildman–Crippen MR) is 97.3 cm³/mol. The molecule has 0 spiro atoms. The second-order valence-corrected chi connectivity index (χ2v) is 6.32. The van der Waals surface area contributed by atoms with E-state index in [0.29, 0.717) is 11.2 Å². The van der Waals surface area contributed by atoms with Crippen molar-refractivity contribution in [1.29, 1.82) is 0 Å². The smallest absolute Gasteiger partial charge is 0.259 e. The minimum atomic E-state index is -0.0990. The summed E-state index contributed by atoms with van der Waals surface area (Å²) in [6, 6.07) is 11.7. The van der Waals surface area contributed by atoms with E-state index in [4.69, 9.17) is 0 Å². The molecule has 0 radical (unpaired) electrons. The topological polar surface area (TPSA) is 63.6 Å². The fourth-order valence-electron chi connectivity index (χ4n) is 2.51. The molecule has 0 saturated carbocycles. The maximum atomic E-state index is 12.1. The van der Waals surface area contributed by atoms with Gasteiger partial charge in [-0.05, 0) is 53.8 Å². The zero-order chi connectivity index (χ0) is 16.5. The average molecular weight is 334 g/mol. The molecule has 5 nitrogen and oxygen atoms in total. The lowest BCUT2D eigenvalue weighted by Gasteiger charge is -2.04. The van der Waals surface area contributed by atoms with Crippen LogP contribution in [0, 0.1) is 0 Å². The molecule has 3 heterocycles. The first-order chi connectivity index (χ1) is 11.7. The highest BCUT2D eigenvalue weighted by Crippen LogP contribution is 2.19. The van der Waals surface area contributed by atoms with Crippen LogP contribution in [0.25, 0.3) is 27.6 Å². The molecule has 0 fully saturated rings. The molecule has 0 saturated heterocycles. The normalized spacial score (nSPS) is 12.0. The fraction of sp³-hybridized carbons (Fsp3) is 0.0556. The summed E-state index contributed by atoms with van der Waals surface area (Å²) < 4.78 is 1.81. The lowest BCUT2D eigenvalue weighted by Crippen LogP contribution is -2.09. The molecular weight excluding hydrogens is 320 g/mol. The molecule has 0 bridgehead atoms. The Kier molecular flexibility index (Phi) is 3.59. The summed E-state index contributed by atoms with van der Waals surface area (Å²) in [6.07, 6.45) is 5.66. The first kappa shape index (κ1) is 14.6. The number of benzene rings is 1. The summed E-state index contributed by atoms with van der Waals surface area (Å²) in [5.41, 5.74) is 2.85. The standard InChI is InChI=1S/C18H14N4OS/c1-12(16-20-17(23)15-7-10-24-18(15)21-16)11-13-3-5-14(6-4-13)22-9-2-8-19-22/h2-11H,1H3,(H,20,21,23)/b12-11-. The highest BCUT2D eigenvalue weighted by Gasteiger charge is 2.06. The van der Waals surface area contributed by atoms with Crippen molar-refractivity contribution in [3.05, 3.63) is 75.9 Å². The zero-order valence-electron chi connectivity index (χ0n) is 12.9. The third kappa shape index (κ3) is 2.68. The molecule has 1 N–H and O–H groups in total. The van der Waals surface area contributed by atoms with Crippen molar-refractivity contribution in [3.8, 4) is 5.69 Å². The van der Waals surface area contributed by atoms with E-state index in [1.165, 1.54) is 11.3 Å². The summed E-state index contributed by atoms with van der Waals surface area (Å²) in [6.45, 7) is 1.94. The number of thiophene rings is 1.